The smallest absolute Gasteiger partial charge is 0.106 e. The molecule has 3 rings (SSSR count). The first-order valence-corrected chi connectivity index (χ1v) is 8.40. The number of nitrogens with one attached hydrogen (secondary N) is 1. The highest BCUT2D eigenvalue weighted by Gasteiger charge is 2.46. The number of halogens is 1. The molecular weight excluding hydrogens is 324 g/mol. The number of ether oxygens (including phenoxy) is 1. The molecule has 1 saturated heterocycles. The summed E-state index contributed by atoms with van der Waals surface area (Å²) in [7, 11) is 1.73. The molecule has 8 heteroatoms. The van der Waals surface area contributed by atoms with Crippen molar-refractivity contribution in [2.24, 2.45) is 11.6 Å². The summed E-state index contributed by atoms with van der Waals surface area (Å²) in [5.41, 5.74) is 7.26. The maximum Gasteiger partial charge on any atom is 0.106 e. The second-order valence-electron chi connectivity index (χ2n) is 5.91. The van der Waals surface area contributed by atoms with E-state index in [4.69, 9.17) is 27.9 Å². The van der Waals surface area contributed by atoms with Gasteiger partial charge in [0.05, 0.1) is 17.0 Å². The minimum atomic E-state index is -0.610. The first-order chi connectivity index (χ1) is 10.4. The third kappa shape index (κ3) is 2.84. The van der Waals surface area contributed by atoms with Gasteiger partial charge in [-0.1, -0.05) is 11.6 Å². The Balaban J connectivity index is 1.92. The fourth-order valence-corrected chi connectivity index (χ4v) is 4.69. The van der Waals surface area contributed by atoms with Crippen molar-refractivity contribution in [1.29, 1.82) is 0 Å². The SMILES string of the molecule is CN(N)/C=C(\N)[C@@H]1CC2(CCN1)OCC(O)c1cc(Cl)sc12. The van der Waals surface area contributed by atoms with E-state index < -0.39 is 11.7 Å². The Hall–Kier alpha value is -0.830. The van der Waals surface area contributed by atoms with Gasteiger partial charge in [0.1, 0.15) is 11.7 Å². The van der Waals surface area contributed by atoms with Gasteiger partial charge in [0, 0.05) is 35.8 Å². The van der Waals surface area contributed by atoms with E-state index in [0.29, 0.717) is 16.5 Å². The predicted octanol–water partition coefficient (Wildman–Crippen LogP) is 1.02. The topological polar surface area (TPSA) is 96.8 Å². The van der Waals surface area contributed by atoms with Gasteiger partial charge in [-0.2, -0.15) is 0 Å². The van der Waals surface area contributed by atoms with E-state index >= 15 is 0 Å². The zero-order chi connectivity index (χ0) is 15.9. The maximum absolute atomic E-state index is 10.1. The Labute approximate surface area is 138 Å². The zero-order valence-corrected chi connectivity index (χ0v) is 14.0. The second-order valence-corrected chi connectivity index (χ2v) is 7.59. The van der Waals surface area contributed by atoms with Gasteiger partial charge in [-0.25, -0.2) is 5.84 Å². The summed E-state index contributed by atoms with van der Waals surface area (Å²) in [6.07, 6.45) is 2.61. The number of hydrazine groups is 1. The van der Waals surface area contributed by atoms with E-state index in [9.17, 15) is 5.11 Å². The molecule has 22 heavy (non-hydrogen) atoms. The lowest BCUT2D eigenvalue weighted by Crippen LogP contribution is -2.51. The Kier molecular flexibility index (Phi) is 4.37. The molecule has 1 spiro atoms. The second kappa shape index (κ2) is 5.99. The van der Waals surface area contributed by atoms with Crippen molar-refractivity contribution >= 4 is 22.9 Å². The normalized spacial score (nSPS) is 32.1. The van der Waals surface area contributed by atoms with Crippen LogP contribution in [-0.4, -0.2) is 36.4 Å². The average molecular weight is 345 g/mol. The molecule has 2 unspecified atom stereocenters. The van der Waals surface area contributed by atoms with E-state index in [1.54, 1.807) is 13.2 Å². The van der Waals surface area contributed by atoms with E-state index in [-0.39, 0.29) is 12.6 Å². The summed E-state index contributed by atoms with van der Waals surface area (Å²) >= 11 is 7.65. The zero-order valence-electron chi connectivity index (χ0n) is 12.4. The monoisotopic (exact) mass is 344 g/mol. The molecule has 0 aromatic carbocycles. The minimum absolute atomic E-state index is 0.0243. The largest absolute Gasteiger partial charge is 0.400 e. The number of piperidine rings is 1. The standard InChI is InChI=1S/C14H21ClN4O2S/c1-19(17)6-9(16)10-5-14(2-3-18-10)13-8(4-12(15)22-13)11(20)7-21-14/h4,6,10-11,18,20H,2-3,5,7,16-17H2,1H3/b9-6-/t10-,11?,14?/m0/s1. The van der Waals surface area contributed by atoms with Crippen molar-refractivity contribution in [3.8, 4) is 0 Å². The molecule has 0 saturated carbocycles. The molecule has 1 fully saturated rings. The van der Waals surface area contributed by atoms with Gasteiger partial charge in [-0.3, -0.25) is 0 Å². The van der Waals surface area contributed by atoms with Crippen LogP contribution in [0, 0.1) is 0 Å². The summed E-state index contributed by atoms with van der Waals surface area (Å²) in [5, 5.41) is 15.0. The molecule has 2 aliphatic heterocycles. The van der Waals surface area contributed by atoms with Crippen LogP contribution in [0.3, 0.4) is 0 Å². The first-order valence-electron chi connectivity index (χ1n) is 7.21. The van der Waals surface area contributed by atoms with E-state index in [1.165, 1.54) is 16.3 Å². The Morgan fingerprint density at radius 1 is 1.68 bits per heavy atom. The lowest BCUT2D eigenvalue weighted by molar-refractivity contribution is -0.120. The molecule has 122 valence electrons. The molecule has 3 atom stereocenters. The number of hydrogen-bond donors (Lipinski definition) is 4. The highest BCUT2D eigenvalue weighted by Crippen LogP contribution is 2.49. The number of rotatable bonds is 2. The number of aliphatic hydroxyl groups excluding tert-OH is 1. The van der Waals surface area contributed by atoms with Crippen molar-refractivity contribution in [3.05, 3.63) is 32.7 Å². The lowest BCUT2D eigenvalue weighted by Gasteiger charge is -2.44. The van der Waals surface area contributed by atoms with Crippen molar-refractivity contribution < 1.29 is 9.84 Å². The van der Waals surface area contributed by atoms with Crippen LogP contribution in [0.25, 0.3) is 0 Å². The minimum Gasteiger partial charge on any atom is -0.400 e. The van der Waals surface area contributed by atoms with Crippen molar-refractivity contribution in [1.82, 2.24) is 10.3 Å². The van der Waals surface area contributed by atoms with Gasteiger partial charge >= 0.3 is 0 Å². The summed E-state index contributed by atoms with van der Waals surface area (Å²) in [5.74, 6) is 5.64. The van der Waals surface area contributed by atoms with E-state index in [0.717, 1.165) is 23.4 Å². The van der Waals surface area contributed by atoms with Crippen LogP contribution in [0.15, 0.2) is 18.0 Å². The number of fused-ring (bicyclic) bond motifs is 2. The number of thiophene rings is 1. The van der Waals surface area contributed by atoms with Crippen molar-refractivity contribution in [3.63, 3.8) is 0 Å². The van der Waals surface area contributed by atoms with Gasteiger partial charge in [0.15, 0.2) is 0 Å². The maximum atomic E-state index is 10.1. The molecule has 6 nitrogen and oxygen atoms in total. The van der Waals surface area contributed by atoms with E-state index in [2.05, 4.69) is 5.32 Å². The van der Waals surface area contributed by atoms with Crippen LogP contribution < -0.4 is 16.9 Å². The summed E-state index contributed by atoms with van der Waals surface area (Å²) < 4.78 is 6.75. The van der Waals surface area contributed by atoms with Gasteiger partial charge in [0.2, 0.25) is 0 Å². The molecule has 1 aromatic rings. The number of nitrogens with zero attached hydrogens (tertiary/aromatic N) is 1. The number of nitrogens with two attached hydrogens (primary N) is 2. The van der Waals surface area contributed by atoms with Crippen LogP contribution in [0.1, 0.15) is 29.4 Å². The highest BCUT2D eigenvalue weighted by atomic mass is 35.5. The lowest BCUT2D eigenvalue weighted by atomic mass is 9.81. The molecule has 2 aliphatic rings. The van der Waals surface area contributed by atoms with Gasteiger partial charge in [0.25, 0.3) is 0 Å². The molecule has 1 aromatic heterocycles. The van der Waals surface area contributed by atoms with Crippen LogP contribution in [0.5, 0.6) is 0 Å². The Morgan fingerprint density at radius 3 is 3.18 bits per heavy atom. The number of aliphatic hydroxyl groups is 1. The first kappa shape index (κ1) is 16.0. The third-order valence-corrected chi connectivity index (χ3v) is 5.69. The van der Waals surface area contributed by atoms with Crippen molar-refractivity contribution in [2.45, 2.75) is 30.6 Å². The molecule has 0 bridgehead atoms. The summed E-state index contributed by atoms with van der Waals surface area (Å²) in [4.78, 5) is 1.02. The number of hydrogen-bond acceptors (Lipinski definition) is 7. The molecule has 6 N–H and O–H groups in total. The summed E-state index contributed by atoms with van der Waals surface area (Å²) in [6, 6.07) is 1.82. The Morgan fingerprint density at radius 2 is 2.45 bits per heavy atom. The Bertz CT molecular complexity index is 591. The fraction of sp³-hybridized carbons (Fsp3) is 0.571. The molecule has 0 aliphatic carbocycles. The van der Waals surface area contributed by atoms with Gasteiger partial charge in [-0.05, 0) is 19.0 Å². The third-order valence-electron chi connectivity index (χ3n) is 4.23. The van der Waals surface area contributed by atoms with Crippen LogP contribution in [0.4, 0.5) is 0 Å². The quantitative estimate of drug-likeness (QED) is 0.472. The van der Waals surface area contributed by atoms with Crippen LogP contribution in [0.2, 0.25) is 4.34 Å². The van der Waals surface area contributed by atoms with E-state index in [1.807, 2.05) is 6.07 Å². The highest BCUT2D eigenvalue weighted by molar-refractivity contribution is 7.16. The average Bonchev–Trinajstić information content (AvgIpc) is 2.87. The molecular formula is C14H21ClN4O2S. The predicted molar refractivity (Wildman–Crippen MR) is 87.2 cm³/mol. The molecule has 0 radical (unpaired) electrons. The summed E-state index contributed by atoms with van der Waals surface area (Å²) in [6.45, 7) is 1.06. The van der Waals surface area contributed by atoms with Crippen molar-refractivity contribution in [2.75, 3.05) is 20.2 Å². The van der Waals surface area contributed by atoms with Gasteiger partial charge < -0.3 is 25.9 Å². The van der Waals surface area contributed by atoms with Gasteiger partial charge in [-0.15, -0.1) is 11.3 Å². The molecule has 0 amide bonds. The fourth-order valence-electron chi connectivity index (χ4n) is 3.22. The van der Waals surface area contributed by atoms with Crippen LogP contribution >= 0.6 is 22.9 Å². The molecule has 3 heterocycles. The van der Waals surface area contributed by atoms with Crippen LogP contribution in [-0.2, 0) is 10.3 Å².